The van der Waals surface area contributed by atoms with Gasteiger partial charge in [-0.1, -0.05) is 20.3 Å². The van der Waals surface area contributed by atoms with Gasteiger partial charge in [0.2, 0.25) is 10.0 Å². The minimum atomic E-state index is -3.34. The lowest BCUT2D eigenvalue weighted by Crippen LogP contribution is -2.30. The van der Waals surface area contributed by atoms with Crippen molar-refractivity contribution < 1.29 is 8.42 Å². The second kappa shape index (κ2) is 5.13. The molecule has 1 aliphatic rings. The zero-order valence-corrected chi connectivity index (χ0v) is 12.5. The normalized spacial score (nSPS) is 22.4. The molecule has 106 valence electrons. The van der Waals surface area contributed by atoms with E-state index in [0.29, 0.717) is 16.4 Å². The Kier molecular flexibility index (Phi) is 3.87. The zero-order chi connectivity index (χ0) is 14.1. The number of nitrogens with one attached hydrogen (secondary N) is 2. The first-order valence-corrected chi connectivity index (χ1v) is 8.14. The summed E-state index contributed by atoms with van der Waals surface area (Å²) in [6.45, 7) is 4.55. The van der Waals surface area contributed by atoms with Crippen LogP contribution in [-0.2, 0) is 10.0 Å². The average Bonchev–Trinajstić information content (AvgIpc) is 2.69. The first-order chi connectivity index (χ1) is 8.85. The van der Waals surface area contributed by atoms with Gasteiger partial charge in [-0.3, -0.25) is 0 Å². The first kappa shape index (κ1) is 14.3. The second-order valence-electron chi connectivity index (χ2n) is 5.81. The predicted octanol–water partition coefficient (Wildman–Crippen LogP) is 2.59. The molecule has 19 heavy (non-hydrogen) atoms. The first-order valence-electron chi connectivity index (χ1n) is 6.65. The molecule has 1 saturated carbocycles. The van der Waals surface area contributed by atoms with Gasteiger partial charge in [0.15, 0.2) is 0 Å². The van der Waals surface area contributed by atoms with Crippen molar-refractivity contribution in [2.75, 3.05) is 12.4 Å². The molecule has 0 saturated heterocycles. The summed E-state index contributed by atoms with van der Waals surface area (Å²) in [6.07, 6.45) is 3.65. The maximum Gasteiger partial charge on any atom is 0.240 e. The Bertz CT molecular complexity index is 535. The molecule has 1 aromatic carbocycles. The van der Waals surface area contributed by atoms with Crippen LogP contribution in [0.5, 0.6) is 0 Å². The lowest BCUT2D eigenvalue weighted by atomic mass is 9.87. The number of benzene rings is 1. The molecular weight excluding hydrogens is 260 g/mol. The van der Waals surface area contributed by atoms with E-state index in [1.54, 1.807) is 12.1 Å². The third kappa shape index (κ3) is 3.09. The summed E-state index contributed by atoms with van der Waals surface area (Å²) in [5.41, 5.74) is 1.28. The van der Waals surface area contributed by atoms with Gasteiger partial charge in [0.1, 0.15) is 0 Å². The lowest BCUT2D eigenvalue weighted by Gasteiger charge is -2.28. The van der Waals surface area contributed by atoms with E-state index in [1.165, 1.54) is 26.3 Å². The Balaban J connectivity index is 2.12. The van der Waals surface area contributed by atoms with Crippen molar-refractivity contribution in [1.29, 1.82) is 0 Å². The highest BCUT2D eigenvalue weighted by molar-refractivity contribution is 7.89. The topological polar surface area (TPSA) is 58.2 Å². The van der Waals surface area contributed by atoms with Crippen LogP contribution in [0.3, 0.4) is 0 Å². The maximum atomic E-state index is 11.6. The minimum absolute atomic E-state index is 0.297. The van der Waals surface area contributed by atoms with Crippen LogP contribution < -0.4 is 10.0 Å². The van der Waals surface area contributed by atoms with Gasteiger partial charge in [0, 0.05) is 11.7 Å². The quantitative estimate of drug-likeness (QED) is 0.892. The highest BCUT2D eigenvalue weighted by Gasteiger charge is 2.34. The monoisotopic (exact) mass is 282 g/mol. The molecule has 1 unspecified atom stereocenters. The summed E-state index contributed by atoms with van der Waals surface area (Å²) in [7, 11) is -1.92. The van der Waals surface area contributed by atoms with Crippen LogP contribution in [0, 0.1) is 5.41 Å². The van der Waals surface area contributed by atoms with E-state index in [9.17, 15) is 8.42 Å². The van der Waals surface area contributed by atoms with Crippen LogP contribution in [0.4, 0.5) is 5.69 Å². The van der Waals surface area contributed by atoms with Crippen molar-refractivity contribution in [3.05, 3.63) is 24.3 Å². The van der Waals surface area contributed by atoms with Crippen LogP contribution >= 0.6 is 0 Å². The third-order valence-electron chi connectivity index (χ3n) is 4.03. The lowest BCUT2D eigenvalue weighted by molar-refractivity contribution is 0.350. The van der Waals surface area contributed by atoms with Gasteiger partial charge in [-0.15, -0.1) is 0 Å². The van der Waals surface area contributed by atoms with Crippen molar-refractivity contribution in [2.24, 2.45) is 5.41 Å². The summed E-state index contributed by atoms with van der Waals surface area (Å²) in [5, 5.41) is 3.51. The Morgan fingerprint density at radius 2 is 1.84 bits per heavy atom. The van der Waals surface area contributed by atoms with E-state index in [4.69, 9.17) is 0 Å². The highest BCUT2D eigenvalue weighted by atomic mass is 32.2. The molecule has 0 aromatic heterocycles. The van der Waals surface area contributed by atoms with Crippen molar-refractivity contribution in [1.82, 2.24) is 4.72 Å². The highest BCUT2D eigenvalue weighted by Crippen LogP contribution is 2.39. The molecule has 1 atom stereocenters. The molecule has 5 heteroatoms. The fraction of sp³-hybridized carbons (Fsp3) is 0.571. The van der Waals surface area contributed by atoms with Gasteiger partial charge in [-0.05, 0) is 49.6 Å². The Morgan fingerprint density at radius 3 is 2.32 bits per heavy atom. The summed E-state index contributed by atoms with van der Waals surface area (Å²) < 4.78 is 25.6. The molecular formula is C14H22N2O2S. The van der Waals surface area contributed by atoms with Gasteiger partial charge in [-0.25, -0.2) is 13.1 Å². The summed E-state index contributed by atoms with van der Waals surface area (Å²) in [6, 6.07) is 7.39. The molecule has 2 N–H and O–H groups in total. The number of sulfonamides is 1. The van der Waals surface area contributed by atoms with E-state index in [1.807, 2.05) is 12.1 Å². The summed E-state index contributed by atoms with van der Waals surface area (Å²) in [5.74, 6) is 0. The molecule has 1 aliphatic carbocycles. The fourth-order valence-corrected chi connectivity index (χ4v) is 3.37. The van der Waals surface area contributed by atoms with Gasteiger partial charge in [0.05, 0.1) is 4.90 Å². The molecule has 0 heterocycles. The Labute approximate surface area is 115 Å². The SMILES string of the molecule is CNS(=O)(=O)c1ccc(NC2CCCC2(C)C)cc1. The van der Waals surface area contributed by atoms with Gasteiger partial charge < -0.3 is 5.32 Å². The van der Waals surface area contributed by atoms with Gasteiger partial charge in [-0.2, -0.15) is 0 Å². The molecule has 1 aromatic rings. The molecule has 0 spiro atoms. The molecule has 2 rings (SSSR count). The van der Waals surface area contributed by atoms with Crippen molar-refractivity contribution in [3.8, 4) is 0 Å². The number of hydrogen-bond donors (Lipinski definition) is 2. The minimum Gasteiger partial charge on any atom is -0.382 e. The molecule has 4 nitrogen and oxygen atoms in total. The van der Waals surface area contributed by atoms with E-state index >= 15 is 0 Å². The van der Waals surface area contributed by atoms with E-state index in [2.05, 4.69) is 23.9 Å². The van der Waals surface area contributed by atoms with E-state index in [-0.39, 0.29) is 0 Å². The predicted molar refractivity (Wildman–Crippen MR) is 77.7 cm³/mol. The second-order valence-corrected chi connectivity index (χ2v) is 7.70. The smallest absolute Gasteiger partial charge is 0.240 e. The molecule has 0 radical (unpaired) electrons. The number of hydrogen-bond acceptors (Lipinski definition) is 3. The molecule has 0 aliphatic heterocycles. The van der Waals surface area contributed by atoms with Crippen molar-refractivity contribution in [2.45, 2.75) is 44.0 Å². The van der Waals surface area contributed by atoms with Crippen LogP contribution in [0.1, 0.15) is 33.1 Å². The standard InChI is InChI=1S/C14H22N2O2S/c1-14(2)10-4-5-13(14)16-11-6-8-12(9-7-11)19(17,18)15-3/h6-9,13,15-16H,4-5,10H2,1-3H3. The van der Waals surface area contributed by atoms with Crippen LogP contribution in [0.25, 0.3) is 0 Å². The molecule has 0 bridgehead atoms. The van der Waals surface area contributed by atoms with Gasteiger partial charge in [0.25, 0.3) is 0 Å². The van der Waals surface area contributed by atoms with Gasteiger partial charge >= 0.3 is 0 Å². The summed E-state index contributed by atoms with van der Waals surface area (Å²) in [4.78, 5) is 0.297. The maximum absolute atomic E-state index is 11.6. The summed E-state index contributed by atoms with van der Waals surface area (Å²) >= 11 is 0. The number of rotatable bonds is 4. The number of anilines is 1. The molecule has 1 fully saturated rings. The fourth-order valence-electron chi connectivity index (χ4n) is 2.64. The molecule has 0 amide bonds. The Hall–Kier alpha value is -1.07. The van der Waals surface area contributed by atoms with Crippen molar-refractivity contribution >= 4 is 15.7 Å². The van der Waals surface area contributed by atoms with Crippen LogP contribution in [0.15, 0.2) is 29.2 Å². The Morgan fingerprint density at radius 1 is 1.21 bits per heavy atom. The van der Waals surface area contributed by atoms with Crippen molar-refractivity contribution in [3.63, 3.8) is 0 Å². The van der Waals surface area contributed by atoms with Crippen LogP contribution in [-0.4, -0.2) is 21.5 Å². The van der Waals surface area contributed by atoms with Crippen LogP contribution in [0.2, 0.25) is 0 Å². The zero-order valence-electron chi connectivity index (χ0n) is 11.7. The average molecular weight is 282 g/mol. The third-order valence-corrected chi connectivity index (χ3v) is 5.46. The largest absolute Gasteiger partial charge is 0.382 e. The van der Waals surface area contributed by atoms with E-state index < -0.39 is 10.0 Å². The van der Waals surface area contributed by atoms with E-state index in [0.717, 1.165) is 5.69 Å².